The van der Waals surface area contributed by atoms with Gasteiger partial charge in [-0.25, -0.2) is 6.42 Å². The van der Waals surface area contributed by atoms with Crippen molar-refractivity contribution < 1.29 is 74.1 Å². The van der Waals surface area contributed by atoms with Crippen LogP contribution >= 0.6 is 0 Å². The molecule has 3 N–H and O–H groups in total. The van der Waals surface area contributed by atoms with Gasteiger partial charge in [0.25, 0.3) is 5.91 Å². The molecule has 224 valence electrons. The normalized spacial score (nSPS) is 12.8. The molecule has 3 aromatic rings. The van der Waals surface area contributed by atoms with Crippen molar-refractivity contribution in [3.8, 4) is 0 Å². The molecule has 1 heterocycles. The van der Waals surface area contributed by atoms with E-state index in [2.05, 4.69) is 32.0 Å². The summed E-state index contributed by atoms with van der Waals surface area (Å²) in [7, 11) is 1.70. The number of aryl methyl sites for hydroxylation is 3. The fourth-order valence-electron chi connectivity index (χ4n) is 4.06. The van der Waals surface area contributed by atoms with E-state index in [4.69, 9.17) is 4.74 Å². The van der Waals surface area contributed by atoms with Crippen LogP contribution in [0.1, 0.15) is 65.9 Å². The smallest absolute Gasteiger partial charge is 0.504 e. The first kappa shape index (κ1) is 36.4. The van der Waals surface area contributed by atoms with Crippen LogP contribution in [0.4, 0.5) is 24.7 Å². The van der Waals surface area contributed by atoms with E-state index in [1.807, 2.05) is 50.8 Å². The molecule has 0 saturated heterocycles. The molecule has 4 rings (SSSR count). The van der Waals surface area contributed by atoms with Crippen LogP contribution in [0.15, 0.2) is 77.3 Å². The summed E-state index contributed by atoms with van der Waals surface area (Å²) in [5.74, 6) is 0.648. The quantitative estimate of drug-likeness (QED) is 0.130. The van der Waals surface area contributed by atoms with Crippen LogP contribution in [-0.2, 0) is 23.8 Å². The summed E-state index contributed by atoms with van der Waals surface area (Å²) in [6.07, 6.45) is 8.95. The number of H-pyrrole nitrogens is 1. The Morgan fingerprint density at radius 3 is 2.53 bits per heavy atom. The Labute approximate surface area is 293 Å². The minimum Gasteiger partial charge on any atom is -0.504 e. The Balaban J connectivity index is 0.000000707. The molecule has 1 fully saturated rings. The first-order valence-corrected chi connectivity index (χ1v) is 13.6. The number of alkyl halides is 3. The predicted octanol–water partition coefficient (Wildman–Crippen LogP) is 4.92. The molecule has 43 heavy (non-hydrogen) atoms. The number of carbonyl (C=O) groups is 1. The summed E-state index contributed by atoms with van der Waals surface area (Å²) in [5, 5.41) is 13.1. The summed E-state index contributed by atoms with van der Waals surface area (Å²) >= 11 is 0. The van der Waals surface area contributed by atoms with Gasteiger partial charge in [0.05, 0.1) is 18.9 Å². The van der Waals surface area contributed by atoms with Gasteiger partial charge in [0.15, 0.2) is 0 Å². The Morgan fingerprint density at radius 1 is 1.16 bits per heavy atom. The molecule has 0 unspecified atom stereocenters. The molecule has 0 spiro atoms. The molecule has 1 aliphatic carbocycles. The second-order valence-corrected chi connectivity index (χ2v) is 9.66. The van der Waals surface area contributed by atoms with Gasteiger partial charge in [0, 0.05) is 23.0 Å². The van der Waals surface area contributed by atoms with Gasteiger partial charge in [0.1, 0.15) is 5.82 Å². The molecule has 1 amide bonds. The van der Waals surface area contributed by atoms with Crippen LogP contribution in [0.3, 0.4) is 0 Å². The van der Waals surface area contributed by atoms with Crippen molar-refractivity contribution in [3.63, 3.8) is 0 Å². The van der Waals surface area contributed by atoms with E-state index in [1.165, 1.54) is 37.0 Å². The first-order valence-electron chi connectivity index (χ1n) is 13.6. The molecule has 1 saturated carbocycles. The molecule has 11 heteroatoms. The van der Waals surface area contributed by atoms with E-state index in [1.54, 1.807) is 20.1 Å². The summed E-state index contributed by atoms with van der Waals surface area (Å²) < 4.78 is 43.7. The first-order chi connectivity index (χ1) is 20.1. The van der Waals surface area contributed by atoms with E-state index in [0.29, 0.717) is 30.2 Å². The number of hydrogen-bond donors (Lipinski definition) is 3. The molecule has 0 aliphatic heterocycles. The number of nitrogens with zero attached hydrogens (tertiary/aromatic N) is 2. The van der Waals surface area contributed by atoms with Crippen LogP contribution in [-0.4, -0.2) is 29.4 Å². The SMILES string of the molecule is COC=C1CCC1.C[C-]=N/C(=C\[CH-]C)Nc1cc(CCc2cc(NC(=O)c3cccc(C(F)(F)F)c3)ccc2C)[nH]n1.[K+]. The topological polar surface area (TPSA) is 91.4 Å². The number of hydrogen-bond acceptors (Lipinski definition) is 5. The van der Waals surface area contributed by atoms with Crippen molar-refractivity contribution in [2.75, 3.05) is 17.7 Å². The minimum atomic E-state index is -4.51. The average molecular weight is 619 g/mol. The number of carbonyl (C=O) groups excluding carboxylic acids is 1. The number of rotatable bonds is 10. The maximum Gasteiger partial charge on any atom is 1.00 e. The van der Waals surface area contributed by atoms with Crippen molar-refractivity contribution in [1.29, 1.82) is 0 Å². The molecule has 0 bridgehead atoms. The number of methoxy groups -OCH3 is 1. The number of benzene rings is 2. The molecular weight excluding hydrogens is 582 g/mol. The van der Waals surface area contributed by atoms with Crippen LogP contribution in [0.5, 0.6) is 0 Å². The van der Waals surface area contributed by atoms with Crippen molar-refractivity contribution in [3.05, 3.63) is 107 Å². The van der Waals surface area contributed by atoms with Gasteiger partial charge in [-0.1, -0.05) is 12.1 Å². The summed E-state index contributed by atoms with van der Waals surface area (Å²) in [6, 6.07) is 11.7. The van der Waals surface area contributed by atoms with Gasteiger partial charge >= 0.3 is 57.6 Å². The van der Waals surface area contributed by atoms with Gasteiger partial charge in [-0.2, -0.15) is 30.6 Å². The van der Waals surface area contributed by atoms with E-state index < -0.39 is 17.6 Å². The Kier molecular flexibility index (Phi) is 15.3. The second kappa shape index (κ2) is 18.1. The number of halogens is 3. The number of aromatic nitrogens is 2. The molecular formula is C32H36F3KN5O2-. The average Bonchev–Trinajstić information content (AvgIpc) is 3.38. The molecule has 2 aromatic carbocycles. The fourth-order valence-corrected chi connectivity index (χ4v) is 4.06. The van der Waals surface area contributed by atoms with E-state index in [9.17, 15) is 18.0 Å². The van der Waals surface area contributed by atoms with Crippen molar-refractivity contribution in [2.24, 2.45) is 4.99 Å². The number of aliphatic imine (C=N–C) groups is 1. The zero-order chi connectivity index (χ0) is 30.5. The minimum absolute atomic E-state index is 0. The molecule has 1 aliphatic rings. The largest absolute Gasteiger partial charge is 1.00 e. The van der Waals surface area contributed by atoms with Gasteiger partial charge in [-0.15, -0.1) is 13.8 Å². The van der Waals surface area contributed by atoms with Gasteiger partial charge in [-0.05, 0) is 91.9 Å². The zero-order valence-electron chi connectivity index (χ0n) is 25.2. The van der Waals surface area contributed by atoms with E-state index in [0.717, 1.165) is 29.0 Å². The van der Waals surface area contributed by atoms with Crippen LogP contribution in [0, 0.1) is 13.3 Å². The Hall–Kier alpha value is -2.83. The maximum absolute atomic E-state index is 13.0. The summed E-state index contributed by atoms with van der Waals surface area (Å²) in [6.45, 7) is 5.56. The molecule has 0 radical (unpaired) electrons. The second-order valence-electron chi connectivity index (χ2n) is 9.66. The van der Waals surface area contributed by atoms with Crippen LogP contribution in [0.25, 0.3) is 0 Å². The van der Waals surface area contributed by atoms with Gasteiger partial charge < -0.3 is 20.4 Å². The van der Waals surface area contributed by atoms with Crippen molar-refractivity contribution in [1.82, 2.24) is 10.2 Å². The van der Waals surface area contributed by atoms with Gasteiger partial charge in [-0.3, -0.25) is 9.89 Å². The van der Waals surface area contributed by atoms with Crippen molar-refractivity contribution in [2.45, 2.75) is 59.1 Å². The number of amides is 1. The third-order valence-electron chi connectivity index (χ3n) is 6.45. The standard InChI is InChI=1S/C26H26F3N5O.C6H10O.K/c1-4-7-23(30-5-2)32-24-16-22(33-34-24)13-11-18-15-21(12-10-17(18)3)31-25(35)19-8-6-9-20(14-19)26(27,28)29;1-7-5-6-3-2-4-6;/h4,6-10,12,14-16H,11,13H2,1-3H3,(H,31,35)(H2,32,33,34);5H,2-4H2,1H3;/q-2;;+1/b23-7+;;. The number of ether oxygens (including phenoxy) is 1. The Morgan fingerprint density at radius 2 is 1.93 bits per heavy atom. The van der Waals surface area contributed by atoms with Gasteiger partial charge in [0.2, 0.25) is 0 Å². The Bertz CT molecular complexity index is 1420. The third kappa shape index (κ3) is 12.0. The maximum atomic E-state index is 13.0. The predicted molar refractivity (Wildman–Crippen MR) is 160 cm³/mol. The van der Waals surface area contributed by atoms with E-state index in [-0.39, 0.29) is 56.9 Å². The monoisotopic (exact) mass is 618 g/mol. The van der Waals surface area contributed by atoms with E-state index >= 15 is 0 Å². The molecule has 0 atom stereocenters. The van der Waals surface area contributed by atoms with Crippen LogP contribution in [0.2, 0.25) is 0 Å². The molecule has 7 nitrogen and oxygen atoms in total. The third-order valence-corrected chi connectivity index (χ3v) is 6.45. The summed E-state index contributed by atoms with van der Waals surface area (Å²) in [5.41, 5.74) is 4.01. The van der Waals surface area contributed by atoms with Crippen molar-refractivity contribution >= 4 is 23.6 Å². The number of allylic oxidation sites excluding steroid dienone is 2. The number of anilines is 2. The number of nitrogens with one attached hydrogen (secondary N) is 3. The summed E-state index contributed by atoms with van der Waals surface area (Å²) in [4.78, 5) is 16.7. The molecule has 1 aromatic heterocycles. The zero-order valence-corrected chi connectivity index (χ0v) is 28.4. The van der Waals surface area contributed by atoms with Crippen LogP contribution < -0.4 is 62.0 Å². The fraction of sp³-hybridized carbons (Fsp3) is 0.312. The number of aromatic amines is 1.